The van der Waals surface area contributed by atoms with Gasteiger partial charge in [0.05, 0.1) is 10.2 Å². The summed E-state index contributed by atoms with van der Waals surface area (Å²) in [6.07, 6.45) is 0. The van der Waals surface area contributed by atoms with Crippen LogP contribution in [0, 0.1) is 6.92 Å². The number of hydrogen-bond donors (Lipinski definition) is 1. The average Bonchev–Trinajstić information content (AvgIpc) is 2.96. The van der Waals surface area contributed by atoms with Gasteiger partial charge in [-0.2, -0.15) is 0 Å². The van der Waals surface area contributed by atoms with Crippen molar-refractivity contribution >= 4 is 32.6 Å². The summed E-state index contributed by atoms with van der Waals surface area (Å²) >= 11 is 1.47. The van der Waals surface area contributed by atoms with Crippen molar-refractivity contribution in [2.24, 2.45) is 0 Å². The van der Waals surface area contributed by atoms with Gasteiger partial charge in [0.1, 0.15) is 5.75 Å². The maximum atomic E-state index is 12.2. The number of benzene rings is 2. The zero-order valence-corrected chi connectivity index (χ0v) is 15.7. The highest BCUT2D eigenvalue weighted by molar-refractivity contribution is 7.22. The smallest absolute Gasteiger partial charge is 0.264 e. The molecule has 0 aliphatic heterocycles. The maximum Gasteiger partial charge on any atom is 0.264 e. The second-order valence-corrected chi connectivity index (χ2v) is 8.05. The van der Waals surface area contributed by atoms with Crippen LogP contribution in [0.25, 0.3) is 10.2 Å². The van der Waals surface area contributed by atoms with E-state index in [0.29, 0.717) is 5.13 Å². The van der Waals surface area contributed by atoms with Crippen LogP contribution in [0.15, 0.2) is 42.5 Å². The Bertz CT molecular complexity index is 909. The Morgan fingerprint density at radius 2 is 1.92 bits per heavy atom. The van der Waals surface area contributed by atoms with Gasteiger partial charge in [0.2, 0.25) is 0 Å². The molecule has 0 unspecified atom stereocenters. The molecule has 3 rings (SSSR count). The molecule has 3 aromatic rings. The Morgan fingerprint density at radius 3 is 2.64 bits per heavy atom. The number of amides is 1. The van der Waals surface area contributed by atoms with Crippen LogP contribution in [0.3, 0.4) is 0 Å². The fourth-order valence-corrected chi connectivity index (χ4v) is 3.61. The molecule has 25 heavy (non-hydrogen) atoms. The molecule has 130 valence electrons. The van der Waals surface area contributed by atoms with Gasteiger partial charge in [0.15, 0.2) is 11.7 Å². The molecule has 0 aliphatic rings. The standard InChI is InChI=1S/C20H22N2O2S/c1-13-8-7-11-16-18(13)22-19(25-16)21-17(23)12-24-15-10-6-5-9-14(15)20(2,3)4/h5-11H,12H2,1-4H3,(H,21,22,23). The molecule has 5 heteroatoms. The first-order valence-corrected chi connectivity index (χ1v) is 9.04. The van der Waals surface area contributed by atoms with Crippen molar-refractivity contribution in [2.45, 2.75) is 33.1 Å². The van der Waals surface area contributed by atoms with E-state index in [-0.39, 0.29) is 17.9 Å². The molecule has 0 saturated heterocycles. The van der Waals surface area contributed by atoms with Crippen molar-refractivity contribution in [3.63, 3.8) is 0 Å². The maximum absolute atomic E-state index is 12.2. The number of ether oxygens (including phenoxy) is 1. The van der Waals surface area contributed by atoms with E-state index in [1.165, 1.54) is 11.3 Å². The number of fused-ring (bicyclic) bond motifs is 1. The molecule has 0 fully saturated rings. The van der Waals surface area contributed by atoms with Gasteiger partial charge in [-0.25, -0.2) is 4.98 Å². The predicted octanol–water partition coefficient (Wildman–Crippen LogP) is 4.92. The molecule has 1 aromatic heterocycles. The van der Waals surface area contributed by atoms with Crippen molar-refractivity contribution in [3.8, 4) is 5.75 Å². The van der Waals surface area contributed by atoms with Crippen molar-refractivity contribution in [1.82, 2.24) is 4.98 Å². The van der Waals surface area contributed by atoms with Crippen LogP contribution in [0.5, 0.6) is 5.75 Å². The largest absolute Gasteiger partial charge is 0.483 e. The van der Waals surface area contributed by atoms with E-state index in [2.05, 4.69) is 31.1 Å². The van der Waals surface area contributed by atoms with Crippen LogP contribution in [0.1, 0.15) is 31.9 Å². The first-order valence-electron chi connectivity index (χ1n) is 8.23. The van der Waals surface area contributed by atoms with E-state index >= 15 is 0 Å². The van der Waals surface area contributed by atoms with Crippen LogP contribution in [-0.2, 0) is 10.2 Å². The fourth-order valence-electron chi connectivity index (χ4n) is 2.65. The molecular formula is C20H22N2O2S. The molecule has 1 heterocycles. The molecular weight excluding hydrogens is 332 g/mol. The molecule has 1 N–H and O–H groups in total. The van der Waals surface area contributed by atoms with Gasteiger partial charge < -0.3 is 4.74 Å². The Kier molecular flexibility index (Phi) is 4.77. The van der Waals surface area contributed by atoms with Crippen LogP contribution in [0.2, 0.25) is 0 Å². The second-order valence-electron chi connectivity index (χ2n) is 7.02. The minimum absolute atomic E-state index is 0.0397. The lowest BCUT2D eigenvalue weighted by molar-refractivity contribution is -0.118. The summed E-state index contributed by atoms with van der Waals surface area (Å²) in [5.41, 5.74) is 3.07. The summed E-state index contributed by atoms with van der Waals surface area (Å²) in [7, 11) is 0. The number of thiazole rings is 1. The second kappa shape index (κ2) is 6.84. The van der Waals surface area contributed by atoms with E-state index in [1.807, 2.05) is 49.4 Å². The number of para-hydroxylation sites is 2. The SMILES string of the molecule is Cc1cccc2sc(NC(=O)COc3ccccc3C(C)(C)C)nc12. The first kappa shape index (κ1) is 17.4. The Hall–Kier alpha value is -2.40. The number of anilines is 1. The minimum atomic E-state index is -0.208. The van der Waals surface area contributed by atoms with E-state index in [4.69, 9.17) is 4.74 Å². The summed E-state index contributed by atoms with van der Waals surface area (Å²) in [4.78, 5) is 16.7. The van der Waals surface area contributed by atoms with Crippen molar-refractivity contribution < 1.29 is 9.53 Å². The van der Waals surface area contributed by atoms with Crippen molar-refractivity contribution in [2.75, 3.05) is 11.9 Å². The lowest BCUT2D eigenvalue weighted by atomic mass is 9.86. The van der Waals surface area contributed by atoms with Gasteiger partial charge in [-0.15, -0.1) is 0 Å². The molecule has 4 nitrogen and oxygen atoms in total. The molecule has 0 spiro atoms. The summed E-state index contributed by atoms with van der Waals surface area (Å²) < 4.78 is 6.82. The first-order chi connectivity index (χ1) is 11.8. The summed E-state index contributed by atoms with van der Waals surface area (Å²) in [6, 6.07) is 13.8. The quantitative estimate of drug-likeness (QED) is 0.723. The molecule has 0 saturated carbocycles. The topological polar surface area (TPSA) is 51.2 Å². The molecule has 2 aromatic carbocycles. The molecule has 0 aliphatic carbocycles. The fraction of sp³-hybridized carbons (Fsp3) is 0.300. The number of aryl methyl sites for hydroxylation is 1. The minimum Gasteiger partial charge on any atom is -0.483 e. The van der Waals surface area contributed by atoms with Crippen LogP contribution >= 0.6 is 11.3 Å². The number of carbonyl (C=O) groups excluding carboxylic acids is 1. The van der Waals surface area contributed by atoms with Gasteiger partial charge in [-0.05, 0) is 35.6 Å². The van der Waals surface area contributed by atoms with Crippen LogP contribution < -0.4 is 10.1 Å². The number of carbonyl (C=O) groups is 1. The third-order valence-electron chi connectivity index (χ3n) is 3.92. The third-order valence-corrected chi connectivity index (χ3v) is 4.86. The molecule has 0 bridgehead atoms. The number of nitrogens with zero attached hydrogens (tertiary/aromatic N) is 1. The van der Waals surface area contributed by atoms with Gasteiger partial charge in [0, 0.05) is 0 Å². The normalized spacial score (nSPS) is 11.5. The summed E-state index contributed by atoms with van der Waals surface area (Å²) in [5.74, 6) is 0.533. The molecule has 1 amide bonds. The lowest BCUT2D eigenvalue weighted by Gasteiger charge is -2.22. The lowest BCUT2D eigenvalue weighted by Crippen LogP contribution is -2.21. The van der Waals surface area contributed by atoms with Gasteiger partial charge in [-0.3, -0.25) is 10.1 Å². The number of nitrogens with one attached hydrogen (secondary N) is 1. The van der Waals surface area contributed by atoms with Crippen molar-refractivity contribution in [1.29, 1.82) is 0 Å². The monoisotopic (exact) mass is 354 g/mol. The van der Waals surface area contributed by atoms with E-state index in [9.17, 15) is 4.79 Å². The molecule has 0 radical (unpaired) electrons. The van der Waals surface area contributed by atoms with Crippen LogP contribution in [0.4, 0.5) is 5.13 Å². The highest BCUT2D eigenvalue weighted by atomic mass is 32.1. The van der Waals surface area contributed by atoms with E-state index in [1.54, 1.807) is 0 Å². The third kappa shape index (κ3) is 3.99. The van der Waals surface area contributed by atoms with E-state index < -0.39 is 0 Å². The number of rotatable bonds is 4. The number of aromatic nitrogens is 1. The Balaban J connectivity index is 1.68. The zero-order chi connectivity index (χ0) is 18.0. The average molecular weight is 354 g/mol. The zero-order valence-electron chi connectivity index (χ0n) is 14.9. The molecule has 0 atom stereocenters. The number of hydrogen-bond acceptors (Lipinski definition) is 4. The Morgan fingerprint density at radius 1 is 1.16 bits per heavy atom. The summed E-state index contributed by atoms with van der Waals surface area (Å²) in [5, 5.41) is 3.43. The Labute approximate surface area is 151 Å². The van der Waals surface area contributed by atoms with Gasteiger partial charge >= 0.3 is 0 Å². The van der Waals surface area contributed by atoms with Crippen molar-refractivity contribution in [3.05, 3.63) is 53.6 Å². The summed E-state index contributed by atoms with van der Waals surface area (Å²) in [6.45, 7) is 8.35. The highest BCUT2D eigenvalue weighted by Crippen LogP contribution is 2.31. The van der Waals surface area contributed by atoms with E-state index in [0.717, 1.165) is 27.1 Å². The van der Waals surface area contributed by atoms with Gasteiger partial charge in [-0.1, -0.05) is 62.4 Å². The van der Waals surface area contributed by atoms with Crippen LogP contribution in [-0.4, -0.2) is 17.5 Å². The van der Waals surface area contributed by atoms with Gasteiger partial charge in [0.25, 0.3) is 5.91 Å². The predicted molar refractivity (Wildman–Crippen MR) is 104 cm³/mol. The highest BCUT2D eigenvalue weighted by Gasteiger charge is 2.19.